The molecule has 11 heteroatoms. The van der Waals surface area contributed by atoms with Crippen LogP contribution in [0.3, 0.4) is 0 Å². The van der Waals surface area contributed by atoms with Gasteiger partial charge in [-0.25, -0.2) is 9.78 Å². The number of hydrogen-bond donors (Lipinski definition) is 1. The van der Waals surface area contributed by atoms with Crippen LogP contribution in [-0.4, -0.2) is 38.9 Å². The van der Waals surface area contributed by atoms with Gasteiger partial charge < -0.3 is 25.4 Å². The van der Waals surface area contributed by atoms with E-state index < -0.39 is 16.9 Å². The molecule has 1 heterocycles. The lowest BCUT2D eigenvalue weighted by atomic mass is 10.5. The van der Waals surface area contributed by atoms with Crippen LogP contribution in [0.2, 0.25) is 0 Å². The Morgan fingerprint density at radius 1 is 1.48 bits per heavy atom. The number of amidine groups is 1. The van der Waals surface area contributed by atoms with Crippen LogP contribution < -0.4 is 5.73 Å². The van der Waals surface area contributed by atoms with Gasteiger partial charge in [-0.1, -0.05) is 5.16 Å². The van der Waals surface area contributed by atoms with Crippen LogP contribution in [0.1, 0.15) is 19.7 Å². The Kier molecular flexibility index (Phi) is 5.34. The molecular formula is C10H13N5O6. The van der Waals surface area contributed by atoms with Crippen molar-refractivity contribution in [2.75, 3.05) is 6.61 Å². The molecule has 1 aromatic heterocycles. The fourth-order valence-electron chi connectivity index (χ4n) is 1.37. The number of rotatable bonds is 6. The number of nitrogens with two attached hydrogens (primary N) is 1. The molecule has 0 aromatic carbocycles. The van der Waals surface area contributed by atoms with Gasteiger partial charge in [0, 0.05) is 13.8 Å². The summed E-state index contributed by atoms with van der Waals surface area (Å²) in [6.45, 7) is 2.16. The number of aromatic nitrogens is 2. The number of nitrogens with zero attached hydrogens (tertiary/aromatic N) is 4. The van der Waals surface area contributed by atoms with Crippen molar-refractivity contribution >= 4 is 23.6 Å². The van der Waals surface area contributed by atoms with E-state index in [1.165, 1.54) is 6.92 Å². The van der Waals surface area contributed by atoms with Gasteiger partial charge in [-0.15, -0.1) is 0 Å². The quantitative estimate of drug-likeness (QED) is 0.185. The molecule has 0 atom stereocenters. The average Bonchev–Trinajstić information content (AvgIpc) is 2.79. The maximum absolute atomic E-state index is 10.9. The van der Waals surface area contributed by atoms with E-state index in [0.29, 0.717) is 0 Å². The predicted octanol–water partition coefficient (Wildman–Crippen LogP) is -0.462. The molecule has 0 aliphatic rings. The minimum atomic E-state index is -0.703. The van der Waals surface area contributed by atoms with Crippen molar-refractivity contribution in [3.63, 3.8) is 0 Å². The summed E-state index contributed by atoms with van der Waals surface area (Å²) in [6, 6.07) is 0. The summed E-state index contributed by atoms with van der Waals surface area (Å²) in [7, 11) is 0. The second-order valence-electron chi connectivity index (χ2n) is 3.75. The third kappa shape index (κ3) is 4.56. The number of nitro groups is 1. The molecular weight excluding hydrogens is 286 g/mol. The van der Waals surface area contributed by atoms with Gasteiger partial charge in [0.15, 0.2) is 0 Å². The minimum Gasteiger partial charge on any atom is -0.462 e. The van der Waals surface area contributed by atoms with Crippen molar-refractivity contribution in [3.8, 4) is 0 Å². The van der Waals surface area contributed by atoms with Crippen molar-refractivity contribution in [2.45, 2.75) is 20.4 Å². The van der Waals surface area contributed by atoms with E-state index in [9.17, 15) is 19.7 Å². The number of carbonyl (C=O) groups excluding carboxylic acids is 2. The van der Waals surface area contributed by atoms with Gasteiger partial charge in [0.2, 0.25) is 5.84 Å². The minimum absolute atomic E-state index is 0.0540. The summed E-state index contributed by atoms with van der Waals surface area (Å²) >= 11 is 0. The Labute approximate surface area is 118 Å². The fourth-order valence-corrected chi connectivity index (χ4v) is 1.37. The second-order valence-corrected chi connectivity index (χ2v) is 3.75. The molecule has 0 unspecified atom stereocenters. The van der Waals surface area contributed by atoms with Gasteiger partial charge in [-0.05, 0) is 4.92 Å². The zero-order valence-electron chi connectivity index (χ0n) is 11.3. The Morgan fingerprint density at radius 3 is 2.67 bits per heavy atom. The highest BCUT2D eigenvalue weighted by Crippen LogP contribution is 2.14. The van der Waals surface area contributed by atoms with Gasteiger partial charge in [-0.2, -0.15) is 4.57 Å². The van der Waals surface area contributed by atoms with Crippen molar-refractivity contribution in [1.29, 1.82) is 0 Å². The molecule has 0 aliphatic carbocycles. The van der Waals surface area contributed by atoms with Crippen molar-refractivity contribution in [2.24, 2.45) is 10.9 Å². The van der Waals surface area contributed by atoms with Crippen LogP contribution in [-0.2, 0) is 25.7 Å². The van der Waals surface area contributed by atoms with Crippen LogP contribution in [0, 0.1) is 10.1 Å². The number of hydrogen-bond acceptors (Lipinski definition) is 8. The van der Waals surface area contributed by atoms with E-state index in [1.807, 2.05) is 0 Å². The van der Waals surface area contributed by atoms with Gasteiger partial charge in [0.05, 0.1) is 0 Å². The summed E-state index contributed by atoms with van der Waals surface area (Å²) in [5.41, 5.74) is 5.55. The van der Waals surface area contributed by atoms with E-state index in [-0.39, 0.29) is 30.6 Å². The molecule has 0 radical (unpaired) electrons. The van der Waals surface area contributed by atoms with Crippen LogP contribution in [0.15, 0.2) is 11.4 Å². The summed E-state index contributed by atoms with van der Waals surface area (Å²) in [5.74, 6) is -1.99. The van der Waals surface area contributed by atoms with Gasteiger partial charge in [-0.3, -0.25) is 4.79 Å². The highest BCUT2D eigenvalue weighted by molar-refractivity contribution is 5.94. The molecule has 0 bridgehead atoms. The number of carbonyl (C=O) groups is 2. The van der Waals surface area contributed by atoms with Gasteiger partial charge >= 0.3 is 17.8 Å². The highest BCUT2D eigenvalue weighted by atomic mass is 16.7. The number of esters is 1. The molecule has 0 spiro atoms. The van der Waals surface area contributed by atoms with Crippen LogP contribution in [0.25, 0.3) is 0 Å². The molecule has 11 nitrogen and oxygen atoms in total. The Bertz CT molecular complexity index is 593. The Balaban J connectivity index is 3.02. The average molecular weight is 299 g/mol. The van der Waals surface area contributed by atoms with E-state index in [0.717, 1.165) is 17.7 Å². The maximum Gasteiger partial charge on any atom is 0.343 e. The van der Waals surface area contributed by atoms with E-state index >= 15 is 0 Å². The first kappa shape index (κ1) is 16.1. The predicted molar refractivity (Wildman–Crippen MR) is 68.0 cm³/mol. The second kappa shape index (κ2) is 6.98. The largest absolute Gasteiger partial charge is 0.462 e. The van der Waals surface area contributed by atoms with Gasteiger partial charge in [0.25, 0.3) is 5.82 Å². The molecule has 1 rings (SSSR count). The third-order valence-corrected chi connectivity index (χ3v) is 2.14. The molecule has 0 saturated heterocycles. The molecule has 0 amide bonds. The molecule has 2 N–H and O–H groups in total. The first-order valence-electron chi connectivity index (χ1n) is 5.67. The zero-order valence-corrected chi connectivity index (χ0v) is 11.3. The molecule has 0 fully saturated rings. The smallest absolute Gasteiger partial charge is 0.343 e. The molecule has 0 saturated carbocycles. The third-order valence-electron chi connectivity index (χ3n) is 2.14. The number of oxime groups is 1. The van der Waals surface area contributed by atoms with Gasteiger partial charge in [0.1, 0.15) is 19.3 Å². The van der Waals surface area contributed by atoms with Crippen LogP contribution >= 0.6 is 0 Å². The Hall–Kier alpha value is -2.98. The normalized spacial score (nSPS) is 11.0. The first-order chi connectivity index (χ1) is 9.82. The SMILES string of the molecule is CC(=O)OCCn1c([N+](=O)[O-])cnc1/C(N)=N/OC(C)=O. The standard InChI is InChI=1S/C10H13N5O6/c1-6(16)20-4-3-14-8(15(18)19)5-12-10(14)9(11)13-21-7(2)17/h5H,3-4H2,1-2H3,(H2,11,13). The number of ether oxygens (including phenoxy) is 1. The lowest BCUT2D eigenvalue weighted by Gasteiger charge is -2.04. The van der Waals surface area contributed by atoms with Crippen LogP contribution in [0.4, 0.5) is 5.82 Å². The maximum atomic E-state index is 10.9. The monoisotopic (exact) mass is 299 g/mol. The molecule has 114 valence electrons. The summed E-state index contributed by atoms with van der Waals surface area (Å²) in [5, 5.41) is 14.2. The lowest BCUT2D eigenvalue weighted by Crippen LogP contribution is -2.23. The Morgan fingerprint density at radius 2 is 2.14 bits per heavy atom. The van der Waals surface area contributed by atoms with Crippen molar-refractivity contribution in [3.05, 3.63) is 22.1 Å². The summed E-state index contributed by atoms with van der Waals surface area (Å²) in [4.78, 5) is 39.6. The fraction of sp³-hybridized carbons (Fsp3) is 0.400. The highest BCUT2D eigenvalue weighted by Gasteiger charge is 2.23. The summed E-state index contributed by atoms with van der Waals surface area (Å²) < 4.78 is 5.80. The van der Waals surface area contributed by atoms with E-state index in [2.05, 4.69) is 15.0 Å². The molecule has 21 heavy (non-hydrogen) atoms. The topological polar surface area (TPSA) is 152 Å². The summed E-state index contributed by atoms with van der Waals surface area (Å²) in [6.07, 6.45) is 0.971. The lowest BCUT2D eigenvalue weighted by molar-refractivity contribution is -0.392. The molecule has 1 aromatic rings. The van der Waals surface area contributed by atoms with E-state index in [4.69, 9.17) is 10.5 Å². The van der Waals surface area contributed by atoms with Crippen molar-refractivity contribution < 1.29 is 24.1 Å². The van der Waals surface area contributed by atoms with E-state index in [1.54, 1.807) is 0 Å². The first-order valence-corrected chi connectivity index (χ1v) is 5.67. The van der Waals surface area contributed by atoms with Crippen molar-refractivity contribution in [1.82, 2.24) is 9.55 Å². The van der Waals surface area contributed by atoms with Crippen LogP contribution in [0.5, 0.6) is 0 Å². The molecule has 0 aliphatic heterocycles. The number of imidazole rings is 1. The zero-order chi connectivity index (χ0) is 16.0.